The van der Waals surface area contributed by atoms with Crippen molar-refractivity contribution in [1.82, 2.24) is 10.6 Å². The molecule has 2 atom stereocenters. The van der Waals surface area contributed by atoms with E-state index in [2.05, 4.69) is 10.6 Å². The lowest BCUT2D eigenvalue weighted by atomic mass is 9.92. The second-order valence-corrected chi connectivity index (χ2v) is 11.5. The first-order valence-electron chi connectivity index (χ1n) is 13.6. The maximum absolute atomic E-state index is 13.0. The van der Waals surface area contributed by atoms with Crippen LogP contribution in [0.2, 0.25) is 0 Å². The maximum Gasteiger partial charge on any atom is 0.339 e. The van der Waals surface area contributed by atoms with Crippen molar-refractivity contribution >= 4 is 22.8 Å². The number of benzene rings is 1. The minimum atomic E-state index is -0.682. The Labute approximate surface area is 223 Å². The summed E-state index contributed by atoms with van der Waals surface area (Å²) in [5.74, 6) is 0.543. The van der Waals surface area contributed by atoms with Crippen LogP contribution in [0.15, 0.2) is 15.3 Å². The number of fused-ring (bicyclic) bond motifs is 3. The van der Waals surface area contributed by atoms with Crippen LogP contribution in [0.25, 0.3) is 11.0 Å². The molecule has 2 aliphatic heterocycles. The molecule has 2 amide bonds. The molecule has 9 heteroatoms. The lowest BCUT2D eigenvalue weighted by Crippen LogP contribution is -2.49. The summed E-state index contributed by atoms with van der Waals surface area (Å²) in [5, 5.41) is 6.40. The molecule has 0 saturated carbocycles. The Morgan fingerprint density at radius 2 is 1.97 bits per heavy atom. The van der Waals surface area contributed by atoms with Crippen LogP contribution in [0.5, 0.6) is 11.5 Å². The zero-order chi connectivity index (χ0) is 27.6. The lowest BCUT2D eigenvalue weighted by molar-refractivity contribution is -0.130. The number of nitrogens with one attached hydrogen (secondary N) is 2. The van der Waals surface area contributed by atoms with Crippen LogP contribution in [0.4, 0.5) is 0 Å². The molecular formula is C29H40N2O7. The van der Waals surface area contributed by atoms with Crippen molar-refractivity contribution in [2.45, 2.75) is 91.4 Å². The van der Waals surface area contributed by atoms with Crippen molar-refractivity contribution in [2.75, 3.05) is 19.8 Å². The van der Waals surface area contributed by atoms with E-state index in [1.54, 1.807) is 13.0 Å². The summed E-state index contributed by atoms with van der Waals surface area (Å²) >= 11 is 0. The monoisotopic (exact) mass is 528 g/mol. The van der Waals surface area contributed by atoms with Crippen LogP contribution in [0.1, 0.15) is 70.1 Å². The van der Waals surface area contributed by atoms with Gasteiger partial charge in [-0.3, -0.25) is 9.59 Å². The number of rotatable bonds is 9. The van der Waals surface area contributed by atoms with Crippen molar-refractivity contribution in [3.63, 3.8) is 0 Å². The summed E-state index contributed by atoms with van der Waals surface area (Å²) < 4.78 is 23.5. The number of hydrogen-bond donors (Lipinski definition) is 2. The second kappa shape index (κ2) is 11.4. The van der Waals surface area contributed by atoms with Gasteiger partial charge in [0.1, 0.15) is 28.7 Å². The molecule has 2 N–H and O–H groups in total. The summed E-state index contributed by atoms with van der Waals surface area (Å²) in [6, 6.07) is 1.09. The van der Waals surface area contributed by atoms with Gasteiger partial charge in [0.15, 0.2) is 6.61 Å². The molecule has 0 spiro atoms. The van der Waals surface area contributed by atoms with Crippen LogP contribution < -0.4 is 25.7 Å². The fraction of sp³-hybridized carbons (Fsp3) is 0.621. The lowest BCUT2D eigenvalue weighted by Gasteiger charge is -2.33. The molecular weight excluding hydrogens is 488 g/mol. The number of ether oxygens (including phenoxy) is 3. The number of carbonyl (C=O) groups is 2. The first kappa shape index (κ1) is 28.0. The van der Waals surface area contributed by atoms with Crippen LogP contribution in [-0.4, -0.2) is 49.3 Å². The van der Waals surface area contributed by atoms with Crippen LogP contribution >= 0.6 is 0 Å². The van der Waals surface area contributed by atoms with E-state index in [1.807, 2.05) is 34.6 Å². The molecule has 38 heavy (non-hydrogen) atoms. The van der Waals surface area contributed by atoms with Gasteiger partial charge in [-0.2, -0.15) is 0 Å². The molecule has 1 fully saturated rings. The predicted octanol–water partition coefficient (Wildman–Crippen LogP) is 3.72. The van der Waals surface area contributed by atoms with E-state index in [-0.39, 0.29) is 30.1 Å². The quantitative estimate of drug-likeness (QED) is 0.477. The Morgan fingerprint density at radius 3 is 2.66 bits per heavy atom. The van der Waals surface area contributed by atoms with Gasteiger partial charge in [-0.15, -0.1) is 0 Å². The first-order chi connectivity index (χ1) is 17.9. The molecule has 9 nitrogen and oxygen atoms in total. The second-order valence-electron chi connectivity index (χ2n) is 11.5. The topological polar surface area (TPSA) is 116 Å². The van der Waals surface area contributed by atoms with Crippen molar-refractivity contribution in [3.05, 3.63) is 33.2 Å². The highest BCUT2D eigenvalue weighted by Crippen LogP contribution is 2.43. The molecule has 0 bridgehead atoms. The molecule has 1 aromatic carbocycles. The third-order valence-corrected chi connectivity index (χ3v) is 7.35. The van der Waals surface area contributed by atoms with E-state index in [9.17, 15) is 14.4 Å². The highest BCUT2D eigenvalue weighted by Gasteiger charge is 2.31. The van der Waals surface area contributed by atoms with Gasteiger partial charge in [0.2, 0.25) is 5.91 Å². The van der Waals surface area contributed by atoms with Gasteiger partial charge in [-0.25, -0.2) is 4.79 Å². The number of aryl methyl sites for hydroxylation is 2. The zero-order valence-corrected chi connectivity index (χ0v) is 23.3. The minimum Gasteiger partial charge on any atom is -0.487 e. The molecule has 208 valence electrons. The average molecular weight is 529 g/mol. The van der Waals surface area contributed by atoms with E-state index in [1.165, 1.54) is 0 Å². The van der Waals surface area contributed by atoms with E-state index in [0.29, 0.717) is 54.0 Å². The summed E-state index contributed by atoms with van der Waals surface area (Å²) in [7, 11) is 0. The van der Waals surface area contributed by atoms with Crippen LogP contribution in [0, 0.1) is 19.8 Å². The summed E-state index contributed by atoms with van der Waals surface area (Å²) in [4.78, 5) is 38.3. The smallest absolute Gasteiger partial charge is 0.339 e. The Balaban J connectivity index is 1.53. The Kier molecular flexibility index (Phi) is 8.35. The Morgan fingerprint density at radius 1 is 1.21 bits per heavy atom. The van der Waals surface area contributed by atoms with E-state index < -0.39 is 17.6 Å². The van der Waals surface area contributed by atoms with Gasteiger partial charge in [-0.1, -0.05) is 13.8 Å². The highest BCUT2D eigenvalue weighted by atomic mass is 16.5. The third-order valence-electron chi connectivity index (χ3n) is 7.35. The number of amides is 2. The highest BCUT2D eigenvalue weighted by molar-refractivity contribution is 5.93. The van der Waals surface area contributed by atoms with Gasteiger partial charge >= 0.3 is 5.63 Å². The van der Waals surface area contributed by atoms with Gasteiger partial charge in [0.25, 0.3) is 5.91 Å². The standard InChI is InChI=1S/C29H40N2O7/c1-16(2)12-21(27(33)30-14-19-8-7-11-35-19)31-24(32)15-36-23-13-22-20(9-10-29(5,6)38-22)26-25(23)17(3)18(4)28(34)37-26/h13,16,19,21H,7-12,14-15H2,1-6H3,(H,30,33)(H,31,32). The molecule has 2 aliphatic rings. The van der Waals surface area contributed by atoms with Gasteiger partial charge in [-0.05, 0) is 71.3 Å². The summed E-state index contributed by atoms with van der Waals surface area (Å²) in [5.41, 5.74) is 1.72. The number of hydrogen-bond acceptors (Lipinski definition) is 7. The fourth-order valence-electron chi connectivity index (χ4n) is 5.07. The van der Waals surface area contributed by atoms with E-state index >= 15 is 0 Å². The largest absolute Gasteiger partial charge is 0.487 e. The van der Waals surface area contributed by atoms with Gasteiger partial charge < -0.3 is 29.3 Å². The molecule has 4 rings (SSSR count). The molecule has 2 aromatic rings. The van der Waals surface area contributed by atoms with Crippen molar-refractivity contribution < 1.29 is 28.2 Å². The van der Waals surface area contributed by atoms with Crippen molar-refractivity contribution in [1.29, 1.82) is 0 Å². The molecule has 2 unspecified atom stereocenters. The third kappa shape index (κ3) is 6.31. The first-order valence-corrected chi connectivity index (χ1v) is 13.6. The molecule has 1 aromatic heterocycles. The van der Waals surface area contributed by atoms with E-state index in [4.69, 9.17) is 18.6 Å². The Bertz CT molecular complexity index is 1260. The van der Waals surface area contributed by atoms with Crippen molar-refractivity contribution in [2.24, 2.45) is 5.92 Å². The normalized spacial score (nSPS) is 19.1. The van der Waals surface area contributed by atoms with Crippen LogP contribution in [0.3, 0.4) is 0 Å². The number of carbonyl (C=O) groups excluding carboxylic acids is 2. The van der Waals surface area contributed by atoms with Crippen LogP contribution in [-0.2, 0) is 20.7 Å². The van der Waals surface area contributed by atoms with Crippen molar-refractivity contribution in [3.8, 4) is 11.5 Å². The molecule has 0 aliphatic carbocycles. The zero-order valence-electron chi connectivity index (χ0n) is 23.3. The average Bonchev–Trinajstić information content (AvgIpc) is 3.36. The maximum atomic E-state index is 13.0. The molecule has 1 saturated heterocycles. The van der Waals surface area contributed by atoms with Gasteiger partial charge in [0, 0.05) is 30.3 Å². The SMILES string of the molecule is Cc1c(C)c2c(OCC(=O)NC(CC(C)C)C(=O)NCC3CCCO3)cc3c(c2oc1=O)CCC(C)(C)O3. The summed E-state index contributed by atoms with van der Waals surface area (Å²) in [6.45, 7) is 12.4. The van der Waals surface area contributed by atoms with E-state index in [0.717, 1.165) is 30.4 Å². The Hall–Kier alpha value is -3.07. The molecule has 0 radical (unpaired) electrons. The predicted molar refractivity (Wildman–Crippen MR) is 144 cm³/mol. The minimum absolute atomic E-state index is 0.0221. The summed E-state index contributed by atoms with van der Waals surface area (Å²) in [6.07, 6.45) is 3.91. The fourth-order valence-corrected chi connectivity index (χ4v) is 5.07. The van der Waals surface area contributed by atoms with Gasteiger partial charge in [0.05, 0.1) is 11.5 Å². The molecule has 3 heterocycles.